The highest BCUT2D eigenvalue weighted by molar-refractivity contribution is 5.28. The fourth-order valence-corrected chi connectivity index (χ4v) is 3.12. The second-order valence-electron chi connectivity index (χ2n) is 6.72. The van der Waals surface area contributed by atoms with Crippen LogP contribution in [0.5, 0.6) is 0 Å². The summed E-state index contributed by atoms with van der Waals surface area (Å²) in [6.45, 7) is 10.9. The predicted octanol–water partition coefficient (Wildman–Crippen LogP) is 5.26. The molecule has 0 aliphatic heterocycles. The first-order valence-corrected chi connectivity index (χ1v) is 7.98. The zero-order chi connectivity index (χ0) is 14.6. The molecule has 0 unspecified atom stereocenters. The molecule has 1 rings (SSSR count). The minimum Gasteiger partial charge on any atom is -0.389 e. The third-order valence-electron chi connectivity index (χ3n) is 4.85. The number of hydrogen-bond acceptors (Lipinski definition) is 1. The van der Waals surface area contributed by atoms with E-state index in [0.29, 0.717) is 0 Å². The second-order valence-corrected chi connectivity index (χ2v) is 6.72. The Morgan fingerprint density at radius 1 is 0.895 bits per heavy atom. The Labute approximate surface area is 119 Å². The van der Waals surface area contributed by atoms with Gasteiger partial charge in [-0.15, -0.1) is 0 Å². The summed E-state index contributed by atoms with van der Waals surface area (Å²) in [5.41, 5.74) is -0.651. The number of unbranched alkanes of at least 4 members (excludes halogenated alkanes) is 2. The number of allylic oxidation sites excluding steroid dienone is 2. The van der Waals surface area contributed by atoms with E-state index >= 15 is 0 Å². The van der Waals surface area contributed by atoms with Crippen molar-refractivity contribution in [2.24, 2.45) is 10.8 Å². The van der Waals surface area contributed by atoms with Crippen molar-refractivity contribution in [1.29, 1.82) is 0 Å². The summed E-state index contributed by atoms with van der Waals surface area (Å²) in [7, 11) is 0. The van der Waals surface area contributed by atoms with Crippen LogP contribution in [0.25, 0.3) is 0 Å². The van der Waals surface area contributed by atoms with Gasteiger partial charge in [0.05, 0.1) is 5.60 Å². The first-order valence-electron chi connectivity index (χ1n) is 7.98. The van der Waals surface area contributed by atoms with Gasteiger partial charge in [-0.1, -0.05) is 78.2 Å². The maximum absolute atomic E-state index is 11.1. The zero-order valence-corrected chi connectivity index (χ0v) is 13.5. The highest BCUT2D eigenvalue weighted by Crippen LogP contribution is 2.47. The van der Waals surface area contributed by atoms with E-state index in [1.807, 2.05) is 0 Å². The molecule has 0 aromatic heterocycles. The molecule has 0 aromatic rings. The topological polar surface area (TPSA) is 20.2 Å². The van der Waals surface area contributed by atoms with Crippen LogP contribution < -0.4 is 0 Å². The van der Waals surface area contributed by atoms with Gasteiger partial charge in [0, 0.05) is 10.8 Å². The van der Waals surface area contributed by atoms with Crippen molar-refractivity contribution in [3.05, 3.63) is 24.3 Å². The van der Waals surface area contributed by atoms with Crippen molar-refractivity contribution >= 4 is 0 Å². The van der Waals surface area contributed by atoms with Crippen LogP contribution in [0.4, 0.5) is 0 Å². The van der Waals surface area contributed by atoms with Gasteiger partial charge in [0.1, 0.15) is 0 Å². The maximum atomic E-state index is 11.1. The molecule has 0 heterocycles. The average molecular weight is 264 g/mol. The molecule has 110 valence electrons. The van der Waals surface area contributed by atoms with Crippen LogP contribution in [0, 0.1) is 10.8 Å². The van der Waals surface area contributed by atoms with Crippen LogP contribution >= 0.6 is 0 Å². The van der Waals surface area contributed by atoms with E-state index in [2.05, 4.69) is 58.9 Å². The first kappa shape index (κ1) is 16.5. The summed E-state index contributed by atoms with van der Waals surface area (Å²) in [4.78, 5) is 0. The van der Waals surface area contributed by atoms with Crippen LogP contribution in [0.2, 0.25) is 0 Å². The lowest BCUT2D eigenvalue weighted by Crippen LogP contribution is -2.46. The maximum Gasteiger partial charge on any atom is 0.0767 e. The molecule has 0 saturated carbocycles. The van der Waals surface area contributed by atoms with E-state index in [0.717, 1.165) is 19.3 Å². The highest BCUT2D eigenvalue weighted by Gasteiger charge is 2.45. The van der Waals surface area contributed by atoms with Crippen molar-refractivity contribution < 1.29 is 5.11 Å². The SMILES string of the molecule is CCCCCC1(C(O)(CC)CC)C=CC(C)(C)C=C1. The van der Waals surface area contributed by atoms with Crippen LogP contribution in [-0.2, 0) is 0 Å². The lowest BCUT2D eigenvalue weighted by atomic mass is 9.62. The summed E-state index contributed by atoms with van der Waals surface area (Å²) < 4.78 is 0. The molecule has 0 fully saturated rings. The van der Waals surface area contributed by atoms with Gasteiger partial charge >= 0.3 is 0 Å². The van der Waals surface area contributed by atoms with E-state index in [1.54, 1.807) is 0 Å². The van der Waals surface area contributed by atoms with Crippen molar-refractivity contribution in [3.8, 4) is 0 Å². The zero-order valence-electron chi connectivity index (χ0n) is 13.5. The lowest BCUT2D eigenvalue weighted by Gasteiger charge is -2.46. The summed E-state index contributed by atoms with van der Waals surface area (Å²) in [6, 6.07) is 0. The Morgan fingerprint density at radius 2 is 1.42 bits per heavy atom. The molecular weight excluding hydrogens is 232 g/mol. The molecule has 1 heteroatoms. The second kappa shape index (κ2) is 6.26. The summed E-state index contributed by atoms with van der Waals surface area (Å²) in [5.74, 6) is 0. The Hall–Kier alpha value is -0.560. The average Bonchev–Trinajstić information content (AvgIpc) is 2.40. The van der Waals surface area contributed by atoms with E-state index in [-0.39, 0.29) is 10.8 Å². The fraction of sp³-hybridized carbons (Fsp3) is 0.778. The molecule has 19 heavy (non-hydrogen) atoms. The smallest absolute Gasteiger partial charge is 0.0767 e. The molecule has 1 aliphatic carbocycles. The Morgan fingerprint density at radius 3 is 1.84 bits per heavy atom. The molecule has 1 N–H and O–H groups in total. The Kier molecular flexibility index (Phi) is 5.43. The van der Waals surface area contributed by atoms with Crippen molar-refractivity contribution in [2.45, 2.75) is 78.7 Å². The van der Waals surface area contributed by atoms with Gasteiger partial charge in [-0.2, -0.15) is 0 Å². The molecule has 0 amide bonds. The van der Waals surface area contributed by atoms with E-state index < -0.39 is 5.60 Å². The van der Waals surface area contributed by atoms with Crippen molar-refractivity contribution in [3.63, 3.8) is 0 Å². The molecule has 0 bridgehead atoms. The number of hydrogen-bond donors (Lipinski definition) is 1. The quantitative estimate of drug-likeness (QED) is 0.491. The van der Waals surface area contributed by atoms with Crippen LogP contribution in [0.3, 0.4) is 0 Å². The van der Waals surface area contributed by atoms with Gasteiger partial charge in [-0.3, -0.25) is 0 Å². The standard InChI is InChI=1S/C18H32O/c1-6-9-10-11-17(18(19,7-2)8-3)14-12-16(4,5)13-15-17/h12-15,19H,6-11H2,1-5H3. The van der Waals surface area contributed by atoms with Crippen molar-refractivity contribution in [2.75, 3.05) is 0 Å². The van der Waals surface area contributed by atoms with Crippen LogP contribution in [0.15, 0.2) is 24.3 Å². The largest absolute Gasteiger partial charge is 0.389 e. The first-order chi connectivity index (χ1) is 8.85. The van der Waals surface area contributed by atoms with Gasteiger partial charge in [0.25, 0.3) is 0 Å². The molecule has 0 saturated heterocycles. The monoisotopic (exact) mass is 264 g/mol. The van der Waals surface area contributed by atoms with E-state index in [9.17, 15) is 5.11 Å². The van der Waals surface area contributed by atoms with Gasteiger partial charge in [-0.05, 0) is 19.3 Å². The Bertz CT molecular complexity index is 316. The van der Waals surface area contributed by atoms with Gasteiger partial charge < -0.3 is 5.11 Å². The molecule has 0 atom stereocenters. The third-order valence-corrected chi connectivity index (χ3v) is 4.85. The Balaban J connectivity index is 3.03. The minimum absolute atomic E-state index is 0.122. The summed E-state index contributed by atoms with van der Waals surface area (Å²) in [5, 5.41) is 11.1. The molecule has 0 radical (unpaired) electrons. The number of aliphatic hydroxyl groups is 1. The van der Waals surface area contributed by atoms with Gasteiger partial charge in [0.15, 0.2) is 0 Å². The molecular formula is C18H32O. The van der Waals surface area contributed by atoms with E-state index in [1.165, 1.54) is 19.3 Å². The molecule has 1 aliphatic rings. The minimum atomic E-state index is -0.607. The lowest BCUT2D eigenvalue weighted by molar-refractivity contribution is -0.0491. The van der Waals surface area contributed by atoms with Gasteiger partial charge in [0.2, 0.25) is 0 Å². The van der Waals surface area contributed by atoms with Crippen LogP contribution in [0.1, 0.15) is 73.1 Å². The summed E-state index contributed by atoms with van der Waals surface area (Å²) in [6.07, 6.45) is 15.5. The normalized spacial score (nSPS) is 20.7. The van der Waals surface area contributed by atoms with Gasteiger partial charge in [-0.25, -0.2) is 0 Å². The van der Waals surface area contributed by atoms with Crippen molar-refractivity contribution in [1.82, 2.24) is 0 Å². The predicted molar refractivity (Wildman–Crippen MR) is 84.2 cm³/mol. The molecule has 0 spiro atoms. The third kappa shape index (κ3) is 3.51. The fourth-order valence-electron chi connectivity index (χ4n) is 3.12. The number of rotatable bonds is 7. The summed E-state index contributed by atoms with van der Waals surface area (Å²) >= 11 is 0. The molecule has 0 aromatic carbocycles. The van der Waals surface area contributed by atoms with Crippen LogP contribution in [-0.4, -0.2) is 10.7 Å². The van der Waals surface area contributed by atoms with E-state index in [4.69, 9.17) is 0 Å². The molecule has 1 nitrogen and oxygen atoms in total. The highest BCUT2D eigenvalue weighted by atomic mass is 16.3.